The second-order valence-corrected chi connectivity index (χ2v) is 6.16. The number of benzene rings is 1. The van der Waals surface area contributed by atoms with Crippen LogP contribution in [-0.2, 0) is 11.3 Å². The molecule has 0 saturated carbocycles. The second kappa shape index (κ2) is 5.54. The molecule has 0 radical (unpaired) electrons. The van der Waals surface area contributed by atoms with Crippen LogP contribution in [0.25, 0.3) is 11.0 Å². The Morgan fingerprint density at radius 3 is 2.84 bits per heavy atom. The van der Waals surface area contributed by atoms with Gasteiger partial charge in [0.05, 0.1) is 23.1 Å². The van der Waals surface area contributed by atoms with Crippen LogP contribution in [0.4, 0.5) is 4.39 Å². The highest BCUT2D eigenvalue weighted by Crippen LogP contribution is 2.26. The topological polar surface area (TPSA) is 39.9 Å². The van der Waals surface area contributed by atoms with Gasteiger partial charge in [-0.25, -0.2) is 9.07 Å². The molecular weight excluding hydrogens is 313 g/mol. The molecule has 0 spiro atoms. The Labute approximate surface area is 120 Å². The average molecular weight is 330 g/mol. The van der Waals surface area contributed by atoms with E-state index in [0.717, 1.165) is 0 Å². The number of fused-ring (bicyclic) bond motifs is 1. The van der Waals surface area contributed by atoms with E-state index in [9.17, 15) is 4.39 Å². The molecule has 0 aliphatic rings. The van der Waals surface area contributed by atoms with E-state index in [-0.39, 0.29) is 11.2 Å². The highest BCUT2D eigenvalue weighted by Gasteiger charge is 2.21. The van der Waals surface area contributed by atoms with Crippen LogP contribution in [0, 0.1) is 11.2 Å². The molecule has 4 nitrogen and oxygen atoms in total. The summed E-state index contributed by atoms with van der Waals surface area (Å²) in [5.41, 5.74) is 1.28. The van der Waals surface area contributed by atoms with Gasteiger partial charge in [0.15, 0.2) is 0 Å². The van der Waals surface area contributed by atoms with Crippen LogP contribution < -0.4 is 0 Å². The number of rotatable bonds is 5. The van der Waals surface area contributed by atoms with Crippen molar-refractivity contribution in [1.29, 1.82) is 0 Å². The Kier molecular flexibility index (Phi) is 4.20. The van der Waals surface area contributed by atoms with E-state index in [4.69, 9.17) is 4.74 Å². The predicted molar refractivity (Wildman–Crippen MR) is 75.5 cm³/mol. The summed E-state index contributed by atoms with van der Waals surface area (Å²) >= 11 is 3.30. The summed E-state index contributed by atoms with van der Waals surface area (Å²) in [7, 11) is 0. The molecule has 0 aliphatic heterocycles. The van der Waals surface area contributed by atoms with Gasteiger partial charge in [-0.3, -0.25) is 0 Å². The molecule has 2 rings (SSSR count). The van der Waals surface area contributed by atoms with E-state index in [1.807, 2.05) is 6.92 Å². The van der Waals surface area contributed by atoms with E-state index in [2.05, 4.69) is 40.1 Å². The molecule has 0 unspecified atom stereocenters. The first-order chi connectivity index (χ1) is 8.93. The fourth-order valence-electron chi connectivity index (χ4n) is 1.94. The van der Waals surface area contributed by atoms with Gasteiger partial charge in [0.2, 0.25) is 0 Å². The Bertz CT molecular complexity index is 583. The zero-order valence-electron chi connectivity index (χ0n) is 11.3. The third kappa shape index (κ3) is 3.30. The van der Waals surface area contributed by atoms with E-state index in [1.165, 1.54) is 12.1 Å². The van der Waals surface area contributed by atoms with Crippen LogP contribution in [0.5, 0.6) is 0 Å². The van der Waals surface area contributed by atoms with Crippen LogP contribution in [0.1, 0.15) is 20.8 Å². The highest BCUT2D eigenvalue weighted by molar-refractivity contribution is 9.10. The minimum Gasteiger partial charge on any atom is -0.381 e. The van der Waals surface area contributed by atoms with Gasteiger partial charge in [-0.2, -0.15) is 0 Å². The van der Waals surface area contributed by atoms with Gasteiger partial charge in [0.25, 0.3) is 0 Å². The van der Waals surface area contributed by atoms with Crippen molar-refractivity contribution in [2.24, 2.45) is 5.41 Å². The van der Waals surface area contributed by atoms with Crippen molar-refractivity contribution in [2.75, 3.05) is 13.2 Å². The summed E-state index contributed by atoms with van der Waals surface area (Å²) in [6, 6.07) is 2.85. The van der Waals surface area contributed by atoms with Gasteiger partial charge >= 0.3 is 0 Å². The number of hydrogen-bond acceptors (Lipinski definition) is 3. The van der Waals surface area contributed by atoms with Crippen LogP contribution in [-0.4, -0.2) is 28.2 Å². The molecule has 1 aromatic carbocycles. The van der Waals surface area contributed by atoms with Crippen molar-refractivity contribution in [1.82, 2.24) is 15.0 Å². The van der Waals surface area contributed by atoms with Crippen molar-refractivity contribution < 1.29 is 9.13 Å². The molecule has 104 valence electrons. The maximum absolute atomic E-state index is 13.5. The Balaban J connectivity index is 2.31. The largest absolute Gasteiger partial charge is 0.381 e. The number of nitrogens with zero attached hydrogens (tertiary/aromatic N) is 3. The lowest BCUT2D eigenvalue weighted by atomic mass is 9.95. The number of halogens is 2. The minimum atomic E-state index is -0.300. The Morgan fingerprint density at radius 2 is 2.16 bits per heavy atom. The first-order valence-electron chi connectivity index (χ1n) is 6.19. The van der Waals surface area contributed by atoms with Gasteiger partial charge in [-0.05, 0) is 28.9 Å². The first-order valence-corrected chi connectivity index (χ1v) is 6.98. The number of aromatic nitrogens is 3. The number of ether oxygens (including phenoxy) is 1. The third-order valence-electron chi connectivity index (χ3n) is 2.81. The van der Waals surface area contributed by atoms with Gasteiger partial charge in [-0.15, -0.1) is 5.10 Å². The molecule has 2 aromatic rings. The van der Waals surface area contributed by atoms with Crippen LogP contribution in [0.3, 0.4) is 0 Å². The monoisotopic (exact) mass is 329 g/mol. The SMILES string of the molecule is CCOCC(C)(C)Cn1nnc2c(Br)cc(F)cc21. The molecule has 0 amide bonds. The smallest absolute Gasteiger partial charge is 0.127 e. The molecule has 19 heavy (non-hydrogen) atoms. The Hall–Kier alpha value is -1.01. The molecule has 0 N–H and O–H groups in total. The lowest BCUT2D eigenvalue weighted by Crippen LogP contribution is -2.26. The lowest BCUT2D eigenvalue weighted by molar-refractivity contribution is 0.0594. The summed E-state index contributed by atoms with van der Waals surface area (Å²) in [5.74, 6) is -0.300. The molecule has 0 atom stereocenters. The van der Waals surface area contributed by atoms with Crippen LogP contribution in [0.15, 0.2) is 16.6 Å². The molecule has 1 heterocycles. The zero-order chi connectivity index (χ0) is 14.0. The van der Waals surface area contributed by atoms with Crippen LogP contribution >= 0.6 is 15.9 Å². The summed E-state index contributed by atoms with van der Waals surface area (Å²) in [6.07, 6.45) is 0. The molecule has 1 aromatic heterocycles. The van der Waals surface area contributed by atoms with E-state index >= 15 is 0 Å². The summed E-state index contributed by atoms with van der Waals surface area (Å²) < 4.78 is 21.3. The van der Waals surface area contributed by atoms with Crippen molar-refractivity contribution in [3.8, 4) is 0 Å². The maximum Gasteiger partial charge on any atom is 0.127 e. The lowest BCUT2D eigenvalue weighted by Gasteiger charge is -2.24. The molecule has 0 bridgehead atoms. The fourth-order valence-corrected chi connectivity index (χ4v) is 2.44. The standard InChI is InChI=1S/C13H17BrFN3O/c1-4-19-8-13(2,3)7-18-11-6-9(15)5-10(14)12(11)16-17-18/h5-6H,4,7-8H2,1-3H3. The van der Waals surface area contributed by atoms with Gasteiger partial charge in [0.1, 0.15) is 11.3 Å². The maximum atomic E-state index is 13.5. The Morgan fingerprint density at radius 1 is 1.42 bits per heavy atom. The predicted octanol–water partition coefficient (Wildman–Crippen LogP) is 3.40. The molecule has 0 aliphatic carbocycles. The quantitative estimate of drug-likeness (QED) is 0.844. The van der Waals surface area contributed by atoms with Crippen molar-refractivity contribution in [3.05, 3.63) is 22.4 Å². The average Bonchev–Trinajstić information content (AvgIpc) is 2.69. The first kappa shape index (κ1) is 14.4. The minimum absolute atomic E-state index is 0.0879. The fraction of sp³-hybridized carbons (Fsp3) is 0.538. The molecular formula is C13H17BrFN3O. The van der Waals surface area contributed by atoms with Gasteiger partial charge in [0, 0.05) is 18.1 Å². The van der Waals surface area contributed by atoms with Crippen molar-refractivity contribution in [2.45, 2.75) is 27.3 Å². The normalized spacial score (nSPS) is 12.3. The molecule has 0 saturated heterocycles. The van der Waals surface area contributed by atoms with Gasteiger partial charge in [-0.1, -0.05) is 19.1 Å². The zero-order valence-corrected chi connectivity index (χ0v) is 12.9. The highest BCUT2D eigenvalue weighted by atomic mass is 79.9. The third-order valence-corrected chi connectivity index (χ3v) is 3.42. The second-order valence-electron chi connectivity index (χ2n) is 5.30. The summed E-state index contributed by atoms with van der Waals surface area (Å²) in [6.45, 7) is 8.07. The van der Waals surface area contributed by atoms with E-state index in [1.54, 1.807) is 4.68 Å². The van der Waals surface area contributed by atoms with Crippen LogP contribution in [0.2, 0.25) is 0 Å². The van der Waals surface area contributed by atoms with E-state index < -0.39 is 0 Å². The van der Waals surface area contributed by atoms with Crippen molar-refractivity contribution in [3.63, 3.8) is 0 Å². The summed E-state index contributed by atoms with van der Waals surface area (Å²) in [4.78, 5) is 0. The molecule has 6 heteroatoms. The van der Waals surface area contributed by atoms with Gasteiger partial charge < -0.3 is 4.74 Å². The molecule has 0 fully saturated rings. The van der Waals surface area contributed by atoms with Crippen molar-refractivity contribution >= 4 is 27.0 Å². The number of hydrogen-bond donors (Lipinski definition) is 0. The summed E-state index contributed by atoms with van der Waals surface area (Å²) in [5, 5.41) is 8.19. The van der Waals surface area contributed by atoms with E-state index in [0.29, 0.717) is 35.3 Å².